The lowest BCUT2D eigenvalue weighted by atomic mass is 10.1. The van der Waals surface area contributed by atoms with E-state index in [0.717, 1.165) is 19.5 Å². The highest BCUT2D eigenvalue weighted by molar-refractivity contribution is 7.89. The van der Waals surface area contributed by atoms with Crippen LogP contribution in [0.4, 0.5) is 0 Å². The molecular weight excluding hydrogens is 224 g/mol. The van der Waals surface area contributed by atoms with Crippen molar-refractivity contribution in [3.8, 4) is 0 Å². The van der Waals surface area contributed by atoms with Crippen molar-refractivity contribution in [1.29, 1.82) is 0 Å². The molecule has 0 amide bonds. The van der Waals surface area contributed by atoms with Gasteiger partial charge in [-0.3, -0.25) is 0 Å². The largest absolute Gasteiger partial charge is 0.301 e. The van der Waals surface area contributed by atoms with E-state index in [1.165, 1.54) is 0 Å². The summed E-state index contributed by atoms with van der Waals surface area (Å²) in [5.41, 5.74) is 0. The van der Waals surface area contributed by atoms with Gasteiger partial charge >= 0.3 is 0 Å². The Kier molecular flexibility index (Phi) is 5.21. The Morgan fingerprint density at radius 2 is 2.12 bits per heavy atom. The second-order valence-electron chi connectivity index (χ2n) is 4.91. The van der Waals surface area contributed by atoms with Crippen LogP contribution in [-0.4, -0.2) is 44.7 Å². The molecule has 0 aromatic rings. The van der Waals surface area contributed by atoms with Crippen LogP contribution in [0.15, 0.2) is 0 Å². The monoisotopic (exact) mass is 248 g/mol. The quantitative estimate of drug-likeness (QED) is 0.764. The molecule has 1 heterocycles. The predicted molar refractivity (Wildman–Crippen MR) is 66.9 cm³/mol. The first kappa shape index (κ1) is 13.9. The van der Waals surface area contributed by atoms with Gasteiger partial charge in [-0.15, -0.1) is 0 Å². The molecule has 1 aliphatic rings. The summed E-state index contributed by atoms with van der Waals surface area (Å²) in [7, 11) is -3.03. The molecule has 5 heteroatoms. The maximum Gasteiger partial charge on any atom is 0.211 e. The Bertz CT molecular complexity index is 301. The SMILES string of the molecule is CCCS(=O)(=O)NCC1CCN(C(C)C)C1. The van der Waals surface area contributed by atoms with Crippen molar-refractivity contribution in [2.24, 2.45) is 5.92 Å². The van der Waals surface area contributed by atoms with Crippen LogP contribution in [0, 0.1) is 5.92 Å². The van der Waals surface area contributed by atoms with E-state index >= 15 is 0 Å². The lowest BCUT2D eigenvalue weighted by Gasteiger charge is -2.20. The third-order valence-corrected chi connectivity index (χ3v) is 4.66. The molecule has 1 rings (SSSR count). The van der Waals surface area contributed by atoms with E-state index in [2.05, 4.69) is 23.5 Å². The van der Waals surface area contributed by atoms with E-state index in [-0.39, 0.29) is 5.75 Å². The molecule has 4 nitrogen and oxygen atoms in total. The third kappa shape index (κ3) is 4.39. The number of nitrogens with zero attached hydrogens (tertiary/aromatic N) is 1. The first-order chi connectivity index (χ1) is 7.44. The normalized spacial score (nSPS) is 23.1. The van der Waals surface area contributed by atoms with Crippen molar-refractivity contribution >= 4 is 10.0 Å². The minimum Gasteiger partial charge on any atom is -0.301 e. The maximum absolute atomic E-state index is 11.5. The van der Waals surface area contributed by atoms with Crippen molar-refractivity contribution in [3.05, 3.63) is 0 Å². The first-order valence-electron chi connectivity index (χ1n) is 6.16. The fraction of sp³-hybridized carbons (Fsp3) is 1.00. The van der Waals surface area contributed by atoms with Gasteiger partial charge in [0.25, 0.3) is 0 Å². The molecule has 96 valence electrons. The van der Waals surface area contributed by atoms with Crippen LogP contribution < -0.4 is 4.72 Å². The van der Waals surface area contributed by atoms with Crippen molar-refractivity contribution in [2.75, 3.05) is 25.4 Å². The lowest BCUT2D eigenvalue weighted by Crippen LogP contribution is -2.33. The minimum absolute atomic E-state index is 0.244. The number of sulfonamides is 1. The van der Waals surface area contributed by atoms with Gasteiger partial charge in [-0.25, -0.2) is 13.1 Å². The van der Waals surface area contributed by atoms with E-state index in [4.69, 9.17) is 0 Å². The van der Waals surface area contributed by atoms with Crippen LogP contribution in [0.3, 0.4) is 0 Å². The summed E-state index contributed by atoms with van der Waals surface area (Å²) in [6.07, 6.45) is 1.78. The van der Waals surface area contributed by atoms with E-state index in [1.807, 2.05) is 6.92 Å². The van der Waals surface area contributed by atoms with Crippen LogP contribution in [0.5, 0.6) is 0 Å². The van der Waals surface area contributed by atoms with Crippen LogP contribution >= 0.6 is 0 Å². The fourth-order valence-electron chi connectivity index (χ4n) is 2.08. The van der Waals surface area contributed by atoms with Gasteiger partial charge in [0.15, 0.2) is 0 Å². The van der Waals surface area contributed by atoms with Gasteiger partial charge in [-0.2, -0.15) is 0 Å². The molecule has 0 saturated carbocycles. The molecule has 0 radical (unpaired) electrons. The van der Waals surface area contributed by atoms with Crippen molar-refractivity contribution in [2.45, 2.75) is 39.7 Å². The molecule has 0 aromatic heterocycles. The number of hydrogen-bond donors (Lipinski definition) is 1. The summed E-state index contributed by atoms with van der Waals surface area (Å²) in [5.74, 6) is 0.724. The van der Waals surface area contributed by atoms with Gasteiger partial charge in [0.2, 0.25) is 10.0 Å². The van der Waals surface area contributed by atoms with Crippen LogP contribution in [-0.2, 0) is 10.0 Å². The van der Waals surface area contributed by atoms with Gasteiger partial charge < -0.3 is 4.90 Å². The van der Waals surface area contributed by atoms with Crippen molar-refractivity contribution in [3.63, 3.8) is 0 Å². The predicted octanol–water partition coefficient (Wildman–Crippen LogP) is 1.05. The molecular formula is C11H24N2O2S. The Labute approximate surface area is 99.5 Å². The lowest BCUT2D eigenvalue weighted by molar-refractivity contribution is 0.265. The number of hydrogen-bond acceptors (Lipinski definition) is 3. The zero-order valence-electron chi connectivity index (χ0n) is 10.6. The smallest absolute Gasteiger partial charge is 0.211 e. The summed E-state index contributed by atoms with van der Waals surface area (Å²) in [5, 5.41) is 0. The Morgan fingerprint density at radius 3 is 2.62 bits per heavy atom. The molecule has 16 heavy (non-hydrogen) atoms. The molecule has 1 saturated heterocycles. The van der Waals surface area contributed by atoms with Crippen LogP contribution in [0.2, 0.25) is 0 Å². The molecule has 0 spiro atoms. The summed E-state index contributed by atoms with van der Waals surface area (Å²) >= 11 is 0. The van der Waals surface area contributed by atoms with Crippen LogP contribution in [0.1, 0.15) is 33.6 Å². The molecule has 0 aliphatic carbocycles. The average Bonchev–Trinajstić information content (AvgIpc) is 2.63. The topological polar surface area (TPSA) is 49.4 Å². The van der Waals surface area contributed by atoms with E-state index in [1.54, 1.807) is 0 Å². The molecule has 1 unspecified atom stereocenters. The number of nitrogens with one attached hydrogen (secondary N) is 1. The second-order valence-corrected chi connectivity index (χ2v) is 6.84. The number of likely N-dealkylation sites (tertiary alicyclic amines) is 1. The molecule has 1 fully saturated rings. The second kappa shape index (κ2) is 5.98. The summed E-state index contributed by atoms with van der Waals surface area (Å²) < 4.78 is 25.7. The zero-order valence-corrected chi connectivity index (χ0v) is 11.4. The van der Waals surface area contributed by atoms with E-state index < -0.39 is 10.0 Å². The average molecular weight is 248 g/mol. The minimum atomic E-state index is -3.03. The van der Waals surface area contributed by atoms with Crippen molar-refractivity contribution in [1.82, 2.24) is 9.62 Å². The van der Waals surface area contributed by atoms with Gasteiger partial charge in [0.1, 0.15) is 0 Å². The highest BCUT2D eigenvalue weighted by atomic mass is 32.2. The Morgan fingerprint density at radius 1 is 1.44 bits per heavy atom. The maximum atomic E-state index is 11.5. The standard InChI is InChI=1S/C11H24N2O2S/c1-4-7-16(14,15)12-8-11-5-6-13(9-11)10(2)3/h10-12H,4-9H2,1-3H3. The van der Waals surface area contributed by atoms with Gasteiger partial charge in [-0.05, 0) is 39.2 Å². The highest BCUT2D eigenvalue weighted by Gasteiger charge is 2.24. The summed E-state index contributed by atoms with van der Waals surface area (Å²) in [6, 6.07) is 0.567. The molecule has 0 aromatic carbocycles. The Balaban J connectivity index is 2.30. The summed E-state index contributed by atoms with van der Waals surface area (Å²) in [4.78, 5) is 2.40. The fourth-order valence-corrected chi connectivity index (χ4v) is 3.26. The summed E-state index contributed by atoms with van der Waals surface area (Å²) in [6.45, 7) is 8.97. The van der Waals surface area contributed by atoms with Gasteiger partial charge in [-0.1, -0.05) is 6.92 Å². The molecule has 1 atom stereocenters. The highest BCUT2D eigenvalue weighted by Crippen LogP contribution is 2.17. The number of rotatable bonds is 6. The van der Waals surface area contributed by atoms with E-state index in [0.29, 0.717) is 24.9 Å². The van der Waals surface area contributed by atoms with Crippen molar-refractivity contribution < 1.29 is 8.42 Å². The zero-order chi connectivity index (χ0) is 12.2. The first-order valence-corrected chi connectivity index (χ1v) is 7.81. The Hall–Kier alpha value is -0.130. The molecule has 0 bridgehead atoms. The molecule has 1 N–H and O–H groups in total. The third-order valence-electron chi connectivity index (χ3n) is 3.11. The molecule has 1 aliphatic heterocycles. The van der Waals surface area contributed by atoms with Gasteiger partial charge in [0.05, 0.1) is 5.75 Å². The van der Waals surface area contributed by atoms with E-state index in [9.17, 15) is 8.42 Å². The van der Waals surface area contributed by atoms with Crippen LogP contribution in [0.25, 0.3) is 0 Å². The van der Waals surface area contributed by atoms with Gasteiger partial charge in [0, 0.05) is 19.1 Å².